The largest absolute Gasteiger partial charge is 0.340 e. The number of carbonyl (C=O) groups is 1. The van der Waals surface area contributed by atoms with Crippen molar-refractivity contribution in [1.29, 1.82) is 0 Å². The number of benzene rings is 1. The Morgan fingerprint density at radius 2 is 2.17 bits per heavy atom. The van der Waals surface area contributed by atoms with Crippen LogP contribution in [0.4, 0.5) is 0 Å². The molecule has 130 valence electrons. The van der Waals surface area contributed by atoms with Crippen LogP contribution in [-0.4, -0.2) is 48.5 Å². The topological polar surface area (TPSA) is 95.2 Å². The van der Waals surface area contributed by atoms with E-state index in [2.05, 4.69) is 14.7 Å². The quantitative estimate of drug-likeness (QED) is 0.855. The summed E-state index contributed by atoms with van der Waals surface area (Å²) in [5, 5.41) is 0. The molecule has 1 amide bonds. The molecule has 0 saturated carbocycles. The lowest BCUT2D eigenvalue weighted by Crippen LogP contribution is -2.40. The first kappa shape index (κ1) is 16.9. The molecule has 7 nitrogen and oxygen atoms in total. The Kier molecular flexibility index (Phi) is 4.86. The summed E-state index contributed by atoms with van der Waals surface area (Å²) in [5.41, 5.74) is 1.86. The van der Waals surface area contributed by atoms with Gasteiger partial charge in [0.25, 0.3) is 0 Å². The SMILES string of the molecule is CS(=O)(=O)NCCC(=O)N1CCCCC1c1nc2ccccc2[nH]1. The van der Waals surface area contributed by atoms with E-state index in [1.54, 1.807) is 0 Å². The minimum atomic E-state index is -3.27. The number of amides is 1. The van der Waals surface area contributed by atoms with Gasteiger partial charge in [0.2, 0.25) is 15.9 Å². The third kappa shape index (κ3) is 3.93. The number of nitrogens with one attached hydrogen (secondary N) is 2. The maximum absolute atomic E-state index is 12.5. The van der Waals surface area contributed by atoms with Crippen LogP contribution >= 0.6 is 0 Å². The van der Waals surface area contributed by atoms with Crippen LogP contribution < -0.4 is 4.72 Å². The van der Waals surface area contributed by atoms with Crippen molar-refractivity contribution in [1.82, 2.24) is 19.6 Å². The van der Waals surface area contributed by atoms with Crippen LogP contribution in [0.25, 0.3) is 11.0 Å². The zero-order chi connectivity index (χ0) is 17.2. The zero-order valence-corrected chi connectivity index (χ0v) is 14.5. The molecule has 2 N–H and O–H groups in total. The molecule has 2 aromatic rings. The van der Waals surface area contributed by atoms with E-state index in [0.717, 1.165) is 42.4 Å². The molecule has 1 fully saturated rings. The molecule has 1 aliphatic heterocycles. The number of rotatable bonds is 5. The molecular weight excluding hydrogens is 328 g/mol. The Morgan fingerprint density at radius 3 is 2.92 bits per heavy atom. The van der Waals surface area contributed by atoms with Gasteiger partial charge in [-0.1, -0.05) is 12.1 Å². The number of aromatic nitrogens is 2. The predicted octanol–water partition coefficient (Wildman–Crippen LogP) is 1.56. The van der Waals surface area contributed by atoms with Gasteiger partial charge >= 0.3 is 0 Å². The third-order valence-electron chi connectivity index (χ3n) is 4.25. The molecule has 0 spiro atoms. The van der Waals surface area contributed by atoms with Gasteiger partial charge in [0.05, 0.1) is 23.3 Å². The molecule has 24 heavy (non-hydrogen) atoms. The number of carbonyl (C=O) groups excluding carboxylic acids is 1. The number of para-hydroxylation sites is 2. The van der Waals surface area contributed by atoms with Crippen molar-refractivity contribution in [3.8, 4) is 0 Å². The number of aromatic amines is 1. The van der Waals surface area contributed by atoms with E-state index in [1.807, 2.05) is 29.2 Å². The number of piperidine rings is 1. The van der Waals surface area contributed by atoms with Crippen LogP contribution in [0.5, 0.6) is 0 Å². The van der Waals surface area contributed by atoms with E-state index >= 15 is 0 Å². The highest BCUT2D eigenvalue weighted by atomic mass is 32.2. The van der Waals surface area contributed by atoms with Crippen LogP contribution in [0, 0.1) is 0 Å². The van der Waals surface area contributed by atoms with Crippen LogP contribution in [0.1, 0.15) is 37.5 Å². The van der Waals surface area contributed by atoms with Gasteiger partial charge in [-0.25, -0.2) is 18.1 Å². The summed E-state index contributed by atoms with van der Waals surface area (Å²) >= 11 is 0. The number of nitrogens with zero attached hydrogens (tertiary/aromatic N) is 2. The summed E-state index contributed by atoms with van der Waals surface area (Å²) in [6.07, 6.45) is 4.12. The summed E-state index contributed by atoms with van der Waals surface area (Å²) in [6, 6.07) is 7.73. The average molecular weight is 350 g/mol. The molecule has 1 atom stereocenters. The minimum Gasteiger partial charge on any atom is -0.340 e. The van der Waals surface area contributed by atoms with Gasteiger partial charge in [0.15, 0.2) is 0 Å². The van der Waals surface area contributed by atoms with E-state index in [-0.39, 0.29) is 24.9 Å². The highest BCUT2D eigenvalue weighted by Gasteiger charge is 2.29. The number of fused-ring (bicyclic) bond motifs is 1. The Balaban J connectivity index is 1.74. The second-order valence-electron chi connectivity index (χ2n) is 6.15. The summed E-state index contributed by atoms with van der Waals surface area (Å²) in [6.45, 7) is 0.806. The van der Waals surface area contributed by atoms with Crippen molar-refractivity contribution in [2.45, 2.75) is 31.7 Å². The highest BCUT2D eigenvalue weighted by molar-refractivity contribution is 7.88. The number of hydrogen-bond acceptors (Lipinski definition) is 4. The first-order chi connectivity index (χ1) is 11.4. The van der Waals surface area contributed by atoms with Gasteiger partial charge in [-0.3, -0.25) is 4.79 Å². The molecule has 1 unspecified atom stereocenters. The molecule has 8 heteroatoms. The van der Waals surface area contributed by atoms with Crippen molar-refractivity contribution in [2.75, 3.05) is 19.3 Å². The third-order valence-corrected chi connectivity index (χ3v) is 4.98. The average Bonchev–Trinajstić information content (AvgIpc) is 2.97. The van der Waals surface area contributed by atoms with Crippen LogP contribution in [0.15, 0.2) is 24.3 Å². The number of hydrogen-bond donors (Lipinski definition) is 2. The number of likely N-dealkylation sites (tertiary alicyclic amines) is 1. The normalized spacial score (nSPS) is 18.9. The standard InChI is InChI=1S/C16H22N4O3S/c1-24(22,23)17-10-9-15(21)20-11-5-4-8-14(20)16-18-12-6-2-3-7-13(12)19-16/h2-3,6-7,14,17H,4-5,8-11H2,1H3,(H,18,19). The first-order valence-corrected chi connectivity index (χ1v) is 10.0. The monoisotopic (exact) mass is 350 g/mol. The van der Waals surface area contributed by atoms with E-state index in [4.69, 9.17) is 0 Å². The van der Waals surface area contributed by atoms with Crippen molar-refractivity contribution in [2.24, 2.45) is 0 Å². The molecule has 1 aromatic carbocycles. The number of sulfonamides is 1. The Morgan fingerprint density at radius 1 is 1.38 bits per heavy atom. The molecule has 0 radical (unpaired) electrons. The maximum Gasteiger partial charge on any atom is 0.224 e. The molecule has 0 aliphatic carbocycles. The minimum absolute atomic E-state index is 0.0451. The molecule has 1 aliphatic rings. The summed E-state index contributed by atoms with van der Waals surface area (Å²) < 4.78 is 24.6. The van der Waals surface area contributed by atoms with E-state index < -0.39 is 10.0 Å². The smallest absolute Gasteiger partial charge is 0.224 e. The fourth-order valence-electron chi connectivity index (χ4n) is 3.13. The van der Waals surface area contributed by atoms with Crippen molar-refractivity contribution < 1.29 is 13.2 Å². The zero-order valence-electron chi connectivity index (χ0n) is 13.7. The van der Waals surface area contributed by atoms with Crippen LogP contribution in [0.3, 0.4) is 0 Å². The lowest BCUT2D eigenvalue weighted by Gasteiger charge is -2.34. The maximum atomic E-state index is 12.5. The molecule has 2 heterocycles. The molecule has 1 saturated heterocycles. The number of H-pyrrole nitrogens is 1. The molecular formula is C16H22N4O3S. The van der Waals surface area contributed by atoms with Gasteiger partial charge in [-0.2, -0.15) is 0 Å². The van der Waals surface area contributed by atoms with Gasteiger partial charge < -0.3 is 9.88 Å². The summed E-state index contributed by atoms with van der Waals surface area (Å²) in [5.74, 6) is 0.761. The van der Waals surface area contributed by atoms with Crippen molar-refractivity contribution >= 4 is 27.0 Å². The van der Waals surface area contributed by atoms with Gasteiger partial charge in [-0.05, 0) is 31.4 Å². The van der Waals surface area contributed by atoms with Gasteiger partial charge in [0.1, 0.15) is 5.82 Å². The second kappa shape index (κ2) is 6.90. The van der Waals surface area contributed by atoms with Crippen LogP contribution in [-0.2, 0) is 14.8 Å². The van der Waals surface area contributed by atoms with E-state index in [1.165, 1.54) is 0 Å². The van der Waals surface area contributed by atoms with Gasteiger partial charge in [0, 0.05) is 19.5 Å². The Bertz CT molecular complexity index is 798. The second-order valence-corrected chi connectivity index (χ2v) is 7.99. The summed E-state index contributed by atoms with van der Waals surface area (Å²) in [4.78, 5) is 22.3. The fraction of sp³-hybridized carbons (Fsp3) is 0.500. The fourth-order valence-corrected chi connectivity index (χ4v) is 3.60. The lowest BCUT2D eigenvalue weighted by atomic mass is 10.0. The van der Waals surface area contributed by atoms with Crippen molar-refractivity contribution in [3.63, 3.8) is 0 Å². The van der Waals surface area contributed by atoms with Gasteiger partial charge in [-0.15, -0.1) is 0 Å². The predicted molar refractivity (Wildman–Crippen MR) is 91.9 cm³/mol. The molecule has 3 rings (SSSR count). The summed E-state index contributed by atoms with van der Waals surface area (Å²) in [7, 11) is -3.27. The van der Waals surface area contributed by atoms with Crippen molar-refractivity contribution in [3.05, 3.63) is 30.1 Å². The van der Waals surface area contributed by atoms with Crippen LogP contribution in [0.2, 0.25) is 0 Å². The Hall–Kier alpha value is -1.93. The first-order valence-electron chi connectivity index (χ1n) is 8.13. The lowest BCUT2D eigenvalue weighted by molar-refractivity contribution is -0.135. The van der Waals surface area contributed by atoms with E-state index in [0.29, 0.717) is 6.54 Å². The molecule has 0 bridgehead atoms. The Labute approximate surface area is 141 Å². The van der Waals surface area contributed by atoms with E-state index in [9.17, 15) is 13.2 Å². The number of imidazole rings is 1. The molecule has 1 aromatic heterocycles. The highest BCUT2D eigenvalue weighted by Crippen LogP contribution is 2.30.